The van der Waals surface area contributed by atoms with E-state index in [1.807, 2.05) is 32.9 Å². The van der Waals surface area contributed by atoms with Crippen molar-refractivity contribution in [3.05, 3.63) is 46.5 Å². The molecule has 5 rings (SSSR count). The van der Waals surface area contributed by atoms with E-state index in [2.05, 4.69) is 15.1 Å². The maximum absolute atomic E-state index is 13.5. The van der Waals surface area contributed by atoms with Crippen LogP contribution in [-0.2, 0) is 33.6 Å². The zero-order valence-corrected chi connectivity index (χ0v) is 22.6. The first-order chi connectivity index (χ1) is 18.2. The SMILES string of the molecule is CCc1cc(CCC2(C3CCCC3)CC(=O)C(Cc3nc4nc(C)cc(C)n4n3)C(=O)O2)c(O)cc1OC. The number of hydrogen-bond acceptors (Lipinski definition) is 8. The van der Waals surface area contributed by atoms with Gasteiger partial charge < -0.3 is 14.6 Å². The van der Waals surface area contributed by atoms with Crippen LogP contribution in [0.5, 0.6) is 11.5 Å². The van der Waals surface area contributed by atoms with Gasteiger partial charge in [-0.2, -0.15) is 4.98 Å². The van der Waals surface area contributed by atoms with Gasteiger partial charge in [-0.25, -0.2) is 9.50 Å². The first kappa shape index (κ1) is 26.1. The van der Waals surface area contributed by atoms with Gasteiger partial charge in [-0.3, -0.25) is 9.59 Å². The number of esters is 1. The number of nitrogens with zero attached hydrogens (tertiary/aromatic N) is 4. The molecule has 38 heavy (non-hydrogen) atoms. The molecule has 9 heteroatoms. The standard InChI is InChI=1S/C29H36N4O5/c1-5-19-13-20(23(34)15-25(19)37-4)10-11-29(21-8-6-7-9-21)16-24(35)22(27(36)38-29)14-26-31-28-30-17(2)12-18(3)33(28)32-26/h12-13,15,21-22,34H,5-11,14,16H2,1-4H3. The number of carbonyl (C=O) groups excluding carboxylic acids is 2. The minimum Gasteiger partial charge on any atom is -0.508 e. The van der Waals surface area contributed by atoms with Crippen molar-refractivity contribution in [2.75, 3.05) is 7.11 Å². The highest BCUT2D eigenvalue weighted by Gasteiger charge is 2.51. The van der Waals surface area contributed by atoms with Crippen LogP contribution in [0.3, 0.4) is 0 Å². The number of aromatic hydroxyl groups is 1. The summed E-state index contributed by atoms with van der Waals surface area (Å²) < 4.78 is 13.3. The zero-order valence-electron chi connectivity index (χ0n) is 22.6. The number of hydrogen-bond donors (Lipinski definition) is 1. The Morgan fingerprint density at radius 3 is 2.58 bits per heavy atom. The predicted molar refractivity (Wildman–Crippen MR) is 140 cm³/mol. The van der Waals surface area contributed by atoms with Crippen LogP contribution in [0.2, 0.25) is 0 Å². The maximum Gasteiger partial charge on any atom is 0.317 e. The van der Waals surface area contributed by atoms with E-state index in [1.165, 1.54) is 0 Å². The molecule has 1 N–H and O–H groups in total. The van der Waals surface area contributed by atoms with Gasteiger partial charge in [0.1, 0.15) is 23.0 Å². The van der Waals surface area contributed by atoms with Crippen molar-refractivity contribution in [1.29, 1.82) is 0 Å². The van der Waals surface area contributed by atoms with Crippen molar-refractivity contribution in [2.45, 2.75) is 84.2 Å². The van der Waals surface area contributed by atoms with Crippen LogP contribution in [0.4, 0.5) is 0 Å². The third-order valence-electron chi connectivity index (χ3n) is 8.28. The second-order valence-electron chi connectivity index (χ2n) is 10.8. The summed E-state index contributed by atoms with van der Waals surface area (Å²) >= 11 is 0. The molecule has 202 valence electrons. The maximum atomic E-state index is 13.5. The van der Waals surface area contributed by atoms with Crippen molar-refractivity contribution in [3.63, 3.8) is 0 Å². The molecular weight excluding hydrogens is 484 g/mol. The third-order valence-corrected chi connectivity index (χ3v) is 8.28. The molecule has 2 unspecified atom stereocenters. The number of ether oxygens (including phenoxy) is 2. The molecule has 3 aromatic rings. The fourth-order valence-electron chi connectivity index (χ4n) is 6.23. The summed E-state index contributed by atoms with van der Waals surface area (Å²) in [4.78, 5) is 35.8. The summed E-state index contributed by atoms with van der Waals surface area (Å²) in [7, 11) is 1.59. The number of phenolic OH excluding ortho intramolecular Hbond substituents is 1. The number of aryl methyl sites for hydroxylation is 4. The first-order valence-electron chi connectivity index (χ1n) is 13.6. The van der Waals surface area contributed by atoms with Crippen molar-refractivity contribution >= 4 is 17.5 Å². The summed E-state index contributed by atoms with van der Waals surface area (Å²) in [5, 5.41) is 15.1. The van der Waals surface area contributed by atoms with E-state index in [-0.39, 0.29) is 30.3 Å². The molecule has 1 aliphatic carbocycles. The highest BCUT2D eigenvalue weighted by atomic mass is 16.6. The van der Waals surface area contributed by atoms with E-state index in [0.29, 0.717) is 30.2 Å². The van der Waals surface area contributed by atoms with Crippen LogP contribution in [0.1, 0.15) is 73.8 Å². The van der Waals surface area contributed by atoms with Crippen LogP contribution in [0.25, 0.3) is 5.78 Å². The van der Waals surface area contributed by atoms with Crippen LogP contribution in [0, 0.1) is 25.7 Å². The first-order valence-corrected chi connectivity index (χ1v) is 13.6. The number of carbonyl (C=O) groups is 2. The number of Topliss-reactive ketones (excluding diaryl/α,β-unsaturated/α-hetero) is 1. The molecule has 0 bridgehead atoms. The van der Waals surface area contributed by atoms with Crippen molar-refractivity contribution in [3.8, 4) is 11.5 Å². The number of rotatable bonds is 8. The number of fused-ring (bicyclic) bond motifs is 1. The topological polar surface area (TPSA) is 116 Å². The highest BCUT2D eigenvalue weighted by molar-refractivity contribution is 6.01. The Kier molecular flexibility index (Phi) is 7.11. The lowest BCUT2D eigenvalue weighted by Crippen LogP contribution is -2.52. The van der Waals surface area contributed by atoms with Crippen molar-refractivity contribution in [1.82, 2.24) is 19.6 Å². The van der Waals surface area contributed by atoms with Crippen molar-refractivity contribution in [2.24, 2.45) is 11.8 Å². The predicted octanol–water partition coefficient (Wildman–Crippen LogP) is 4.25. The summed E-state index contributed by atoms with van der Waals surface area (Å²) in [6, 6.07) is 5.51. The highest BCUT2D eigenvalue weighted by Crippen LogP contribution is 2.45. The number of cyclic esters (lactones) is 1. The smallest absolute Gasteiger partial charge is 0.317 e. The van der Waals surface area contributed by atoms with Gasteiger partial charge in [0, 0.05) is 30.3 Å². The molecule has 9 nitrogen and oxygen atoms in total. The van der Waals surface area contributed by atoms with Crippen LogP contribution < -0.4 is 4.74 Å². The Morgan fingerprint density at radius 1 is 1.13 bits per heavy atom. The van der Waals surface area contributed by atoms with E-state index in [1.54, 1.807) is 17.7 Å². The Bertz CT molecular complexity index is 1360. The van der Waals surface area contributed by atoms with Gasteiger partial charge in [0.15, 0.2) is 11.6 Å². The fourth-order valence-corrected chi connectivity index (χ4v) is 6.23. The zero-order chi connectivity index (χ0) is 27.0. The Morgan fingerprint density at radius 2 is 1.89 bits per heavy atom. The molecule has 0 radical (unpaired) electrons. The lowest BCUT2D eigenvalue weighted by molar-refractivity contribution is -0.185. The number of ketones is 1. The lowest BCUT2D eigenvalue weighted by Gasteiger charge is -2.43. The second kappa shape index (κ2) is 10.3. The van der Waals surface area contributed by atoms with Crippen LogP contribution >= 0.6 is 0 Å². The molecule has 1 saturated carbocycles. The average Bonchev–Trinajstić information content (AvgIpc) is 3.56. The van der Waals surface area contributed by atoms with Gasteiger partial charge in [0.25, 0.3) is 5.78 Å². The molecule has 2 aromatic heterocycles. The summed E-state index contributed by atoms with van der Waals surface area (Å²) in [6.45, 7) is 5.85. The van der Waals surface area contributed by atoms with Gasteiger partial charge in [0.05, 0.1) is 7.11 Å². The third kappa shape index (κ3) is 4.86. The lowest BCUT2D eigenvalue weighted by atomic mass is 9.73. The Balaban J connectivity index is 1.37. The number of phenols is 1. The molecular formula is C29H36N4O5. The Labute approximate surface area is 222 Å². The number of aromatic nitrogens is 4. The summed E-state index contributed by atoms with van der Waals surface area (Å²) in [5.74, 6) is 0.258. The molecule has 0 amide bonds. The molecule has 2 atom stereocenters. The Hall–Kier alpha value is -3.49. The van der Waals surface area contributed by atoms with Crippen LogP contribution in [-0.4, -0.2) is 49.2 Å². The normalized spacial score (nSPS) is 22.3. The summed E-state index contributed by atoms with van der Waals surface area (Å²) in [6.07, 6.45) is 6.01. The largest absolute Gasteiger partial charge is 0.508 e. The van der Waals surface area contributed by atoms with Gasteiger partial charge in [0.2, 0.25) is 0 Å². The van der Waals surface area contributed by atoms with Gasteiger partial charge in [-0.1, -0.05) is 19.8 Å². The summed E-state index contributed by atoms with van der Waals surface area (Å²) in [5.41, 5.74) is 2.64. The number of benzene rings is 1. The van der Waals surface area contributed by atoms with Gasteiger partial charge in [-0.15, -0.1) is 5.10 Å². The average molecular weight is 521 g/mol. The van der Waals surface area contributed by atoms with E-state index < -0.39 is 17.5 Å². The molecule has 1 saturated heterocycles. The molecule has 0 spiro atoms. The minimum atomic E-state index is -0.926. The quantitative estimate of drug-likeness (QED) is 0.346. The van der Waals surface area contributed by atoms with Crippen LogP contribution in [0.15, 0.2) is 18.2 Å². The van der Waals surface area contributed by atoms with E-state index >= 15 is 0 Å². The second-order valence-corrected chi connectivity index (χ2v) is 10.8. The molecule has 3 heterocycles. The van der Waals surface area contributed by atoms with Gasteiger partial charge in [-0.05, 0) is 75.1 Å². The molecule has 1 aliphatic heterocycles. The molecule has 2 aliphatic rings. The monoisotopic (exact) mass is 520 g/mol. The van der Waals surface area contributed by atoms with E-state index in [0.717, 1.165) is 54.6 Å². The molecule has 2 fully saturated rings. The fraction of sp³-hybridized carbons (Fsp3) is 0.552. The molecule has 1 aromatic carbocycles. The number of methoxy groups -OCH3 is 1. The van der Waals surface area contributed by atoms with Gasteiger partial charge >= 0.3 is 5.97 Å². The van der Waals surface area contributed by atoms with E-state index in [9.17, 15) is 14.7 Å². The van der Waals surface area contributed by atoms with Crippen molar-refractivity contribution < 1.29 is 24.2 Å². The van der Waals surface area contributed by atoms with E-state index in [4.69, 9.17) is 9.47 Å². The minimum absolute atomic E-state index is 0.0966.